The van der Waals surface area contributed by atoms with Crippen LogP contribution < -0.4 is 5.69 Å². The maximum Gasteiger partial charge on any atom is 0.347 e. The van der Waals surface area contributed by atoms with Gasteiger partial charge < -0.3 is 4.74 Å². The summed E-state index contributed by atoms with van der Waals surface area (Å²) in [6, 6.07) is 21.2. The Balaban J connectivity index is 1.56. The molecule has 6 heteroatoms. The van der Waals surface area contributed by atoms with Crippen molar-refractivity contribution in [2.75, 3.05) is 26.3 Å². The van der Waals surface area contributed by atoms with Gasteiger partial charge in [0.1, 0.15) is 0 Å². The van der Waals surface area contributed by atoms with E-state index in [0.717, 1.165) is 60.1 Å². The summed E-state index contributed by atoms with van der Waals surface area (Å²) in [5.74, 6) is 0. The second-order valence-electron chi connectivity index (χ2n) is 8.10. The monoisotopic (exact) mass is 410 g/mol. The van der Waals surface area contributed by atoms with E-state index in [2.05, 4.69) is 63.6 Å². The van der Waals surface area contributed by atoms with Gasteiger partial charge in [0.05, 0.1) is 13.2 Å². The highest BCUT2D eigenvalue weighted by molar-refractivity contribution is 6.09. The third-order valence-corrected chi connectivity index (χ3v) is 6.13. The molecule has 31 heavy (non-hydrogen) atoms. The number of aromatic nitrogens is 3. The van der Waals surface area contributed by atoms with Crippen LogP contribution in [0.4, 0.5) is 0 Å². The summed E-state index contributed by atoms with van der Waals surface area (Å²) in [6.07, 6.45) is 1.91. The van der Waals surface area contributed by atoms with Gasteiger partial charge in [-0.2, -0.15) is 5.10 Å². The van der Waals surface area contributed by atoms with Gasteiger partial charge in [-0.15, -0.1) is 0 Å². The molecule has 1 fully saturated rings. The van der Waals surface area contributed by atoms with Crippen LogP contribution in [-0.2, 0) is 11.3 Å². The van der Waals surface area contributed by atoms with Crippen molar-refractivity contribution in [3.63, 3.8) is 0 Å². The van der Waals surface area contributed by atoms with Crippen molar-refractivity contribution < 1.29 is 4.74 Å². The zero-order chi connectivity index (χ0) is 20.8. The molecule has 3 aromatic carbocycles. The standard InChI is InChI=1S/C25H22N4O2/c30-25-27-26-24-22-14-19-6-2-1-5-18(19)13-21(22)23(16-29(24)25)20-7-3-4-17(12-20)15-28-8-10-31-11-9-28/h1-7,12-14,16H,8-11,15H2,(H,27,30). The first-order valence-electron chi connectivity index (χ1n) is 10.6. The summed E-state index contributed by atoms with van der Waals surface area (Å²) < 4.78 is 7.09. The van der Waals surface area contributed by atoms with E-state index >= 15 is 0 Å². The Morgan fingerprint density at radius 3 is 2.52 bits per heavy atom. The Morgan fingerprint density at radius 1 is 0.935 bits per heavy atom. The lowest BCUT2D eigenvalue weighted by Gasteiger charge is -2.26. The van der Waals surface area contributed by atoms with Crippen molar-refractivity contribution in [2.45, 2.75) is 6.54 Å². The summed E-state index contributed by atoms with van der Waals surface area (Å²) in [6.45, 7) is 4.38. The molecular formula is C25H22N4O2. The van der Waals surface area contributed by atoms with E-state index in [0.29, 0.717) is 5.65 Å². The minimum atomic E-state index is -0.226. The summed E-state index contributed by atoms with van der Waals surface area (Å²) in [5, 5.41) is 11.2. The minimum Gasteiger partial charge on any atom is -0.379 e. The van der Waals surface area contributed by atoms with E-state index < -0.39 is 0 Å². The highest BCUT2D eigenvalue weighted by atomic mass is 16.5. The Morgan fingerprint density at radius 2 is 1.71 bits per heavy atom. The molecule has 0 saturated carbocycles. The number of morpholine rings is 1. The lowest BCUT2D eigenvalue weighted by Crippen LogP contribution is -2.35. The molecule has 0 aliphatic carbocycles. The molecule has 0 radical (unpaired) electrons. The lowest BCUT2D eigenvalue weighted by atomic mass is 9.96. The highest BCUT2D eigenvalue weighted by Gasteiger charge is 2.15. The second-order valence-corrected chi connectivity index (χ2v) is 8.10. The number of benzene rings is 3. The predicted molar refractivity (Wildman–Crippen MR) is 122 cm³/mol. The molecular weight excluding hydrogens is 388 g/mol. The van der Waals surface area contributed by atoms with Crippen molar-refractivity contribution in [1.82, 2.24) is 19.5 Å². The highest BCUT2D eigenvalue weighted by Crippen LogP contribution is 2.33. The van der Waals surface area contributed by atoms with Crippen molar-refractivity contribution in [2.24, 2.45) is 0 Å². The van der Waals surface area contributed by atoms with Gasteiger partial charge in [0.15, 0.2) is 5.65 Å². The molecule has 0 bridgehead atoms. The summed E-state index contributed by atoms with van der Waals surface area (Å²) in [4.78, 5) is 14.8. The fourth-order valence-electron chi connectivity index (χ4n) is 4.55. The van der Waals surface area contributed by atoms with Gasteiger partial charge in [-0.3, -0.25) is 4.90 Å². The van der Waals surface area contributed by atoms with Crippen LogP contribution in [0, 0.1) is 0 Å². The summed E-state index contributed by atoms with van der Waals surface area (Å²) in [7, 11) is 0. The normalized spacial score (nSPS) is 15.2. The Labute approximate surface area is 178 Å². The maximum atomic E-state index is 12.4. The van der Waals surface area contributed by atoms with Crippen LogP contribution >= 0.6 is 0 Å². The number of rotatable bonds is 3. The molecule has 2 aromatic heterocycles. The van der Waals surface area contributed by atoms with Gasteiger partial charge in [0.2, 0.25) is 0 Å². The minimum absolute atomic E-state index is 0.226. The van der Waals surface area contributed by atoms with E-state index in [1.54, 1.807) is 4.40 Å². The fraction of sp³-hybridized carbons (Fsp3) is 0.200. The zero-order valence-electron chi connectivity index (χ0n) is 17.0. The first-order valence-corrected chi connectivity index (χ1v) is 10.6. The molecule has 3 heterocycles. The number of ether oxygens (including phenoxy) is 1. The van der Waals surface area contributed by atoms with Crippen LogP contribution in [0.5, 0.6) is 0 Å². The number of hydrogen-bond donors (Lipinski definition) is 1. The van der Waals surface area contributed by atoms with Gasteiger partial charge in [0, 0.05) is 36.8 Å². The smallest absolute Gasteiger partial charge is 0.347 e. The molecule has 0 amide bonds. The van der Waals surface area contributed by atoms with Crippen molar-refractivity contribution in [1.29, 1.82) is 0 Å². The summed E-state index contributed by atoms with van der Waals surface area (Å²) >= 11 is 0. The molecule has 6 nitrogen and oxygen atoms in total. The van der Waals surface area contributed by atoms with Gasteiger partial charge in [0.25, 0.3) is 0 Å². The quantitative estimate of drug-likeness (QED) is 0.459. The molecule has 5 aromatic rings. The average Bonchev–Trinajstić information content (AvgIpc) is 3.19. The number of fused-ring (bicyclic) bond motifs is 4. The maximum absolute atomic E-state index is 12.4. The average molecular weight is 410 g/mol. The molecule has 1 N–H and O–H groups in total. The van der Waals surface area contributed by atoms with E-state index in [1.807, 2.05) is 18.3 Å². The SMILES string of the molecule is O=c1[nH]nc2c3cc4ccccc4cc3c(-c3cccc(CN4CCOCC4)c3)cn12. The predicted octanol–water partition coefficient (Wildman–Crippen LogP) is 3.83. The van der Waals surface area contributed by atoms with Crippen molar-refractivity contribution in [3.8, 4) is 11.1 Å². The van der Waals surface area contributed by atoms with E-state index in [1.165, 1.54) is 10.9 Å². The van der Waals surface area contributed by atoms with Crippen LogP contribution in [0.25, 0.3) is 38.3 Å². The van der Waals surface area contributed by atoms with Crippen LogP contribution in [0.1, 0.15) is 5.56 Å². The van der Waals surface area contributed by atoms with Gasteiger partial charge in [-0.05, 0) is 45.5 Å². The largest absolute Gasteiger partial charge is 0.379 e. The Bertz CT molecular complexity index is 1480. The first-order chi connectivity index (χ1) is 15.3. The van der Waals surface area contributed by atoms with E-state index in [4.69, 9.17) is 4.74 Å². The lowest BCUT2D eigenvalue weighted by molar-refractivity contribution is 0.0342. The number of hydrogen-bond acceptors (Lipinski definition) is 4. The number of nitrogens with zero attached hydrogens (tertiary/aromatic N) is 3. The number of aromatic amines is 1. The van der Waals surface area contributed by atoms with E-state index in [-0.39, 0.29) is 5.69 Å². The molecule has 154 valence electrons. The fourth-order valence-corrected chi connectivity index (χ4v) is 4.55. The van der Waals surface area contributed by atoms with Crippen LogP contribution in [-0.4, -0.2) is 45.8 Å². The van der Waals surface area contributed by atoms with Gasteiger partial charge in [-0.1, -0.05) is 42.5 Å². The molecule has 1 aliphatic heterocycles. The molecule has 6 rings (SSSR count). The van der Waals surface area contributed by atoms with Gasteiger partial charge >= 0.3 is 5.69 Å². The zero-order valence-corrected chi connectivity index (χ0v) is 17.0. The second kappa shape index (κ2) is 7.34. The Hall–Kier alpha value is -3.48. The molecule has 0 atom stereocenters. The third-order valence-electron chi connectivity index (χ3n) is 6.13. The van der Waals surface area contributed by atoms with Gasteiger partial charge in [-0.25, -0.2) is 14.3 Å². The molecule has 0 unspecified atom stereocenters. The third kappa shape index (κ3) is 3.21. The van der Waals surface area contributed by atoms with Crippen molar-refractivity contribution in [3.05, 3.63) is 82.9 Å². The van der Waals surface area contributed by atoms with Crippen LogP contribution in [0.3, 0.4) is 0 Å². The van der Waals surface area contributed by atoms with Crippen LogP contribution in [0.15, 0.2) is 71.7 Å². The number of nitrogens with one attached hydrogen (secondary N) is 1. The van der Waals surface area contributed by atoms with Crippen molar-refractivity contribution >= 4 is 27.2 Å². The number of H-pyrrole nitrogens is 1. The molecule has 1 aliphatic rings. The first kappa shape index (κ1) is 18.3. The topological polar surface area (TPSA) is 62.6 Å². The van der Waals surface area contributed by atoms with Crippen LogP contribution in [0.2, 0.25) is 0 Å². The Kier molecular flexibility index (Phi) is 4.33. The number of pyridine rings is 1. The van der Waals surface area contributed by atoms with E-state index in [9.17, 15) is 4.79 Å². The summed E-state index contributed by atoms with van der Waals surface area (Å²) in [5.41, 5.74) is 3.81. The molecule has 0 spiro atoms. The molecule has 1 saturated heterocycles.